The maximum atomic E-state index is 11.9. The van der Waals surface area contributed by atoms with E-state index in [0.717, 1.165) is 24.0 Å². The predicted molar refractivity (Wildman–Crippen MR) is 75.7 cm³/mol. The van der Waals surface area contributed by atoms with Crippen molar-refractivity contribution in [3.63, 3.8) is 0 Å². The van der Waals surface area contributed by atoms with Crippen molar-refractivity contribution in [2.24, 2.45) is 0 Å². The van der Waals surface area contributed by atoms with Crippen molar-refractivity contribution >= 4 is 12.6 Å². The summed E-state index contributed by atoms with van der Waals surface area (Å²) >= 11 is 0. The Balaban J connectivity index is 2.17. The van der Waals surface area contributed by atoms with Gasteiger partial charge < -0.3 is 5.02 Å². The van der Waals surface area contributed by atoms with Crippen LogP contribution in [-0.2, 0) is 11.3 Å². The van der Waals surface area contributed by atoms with E-state index in [-0.39, 0.29) is 0 Å². The van der Waals surface area contributed by atoms with Crippen LogP contribution in [0.2, 0.25) is 0 Å². The summed E-state index contributed by atoms with van der Waals surface area (Å²) in [6.07, 6.45) is 2.22. The zero-order valence-electron chi connectivity index (χ0n) is 10.8. The third kappa shape index (κ3) is 3.43. The maximum absolute atomic E-state index is 11.9. The van der Waals surface area contributed by atoms with Crippen molar-refractivity contribution in [2.75, 3.05) is 0 Å². The molecule has 0 heterocycles. The Morgan fingerprint density at radius 3 is 2.00 bits per heavy atom. The van der Waals surface area contributed by atoms with Crippen molar-refractivity contribution in [1.29, 1.82) is 0 Å². The van der Waals surface area contributed by atoms with Gasteiger partial charge in [-0.15, -0.1) is 0 Å². The Morgan fingerprint density at radius 2 is 1.53 bits per heavy atom. The number of hydrogen-bond donors (Lipinski definition) is 1. The minimum absolute atomic E-state index is 0.397. The molecule has 0 radical (unpaired) electrons. The van der Waals surface area contributed by atoms with Crippen LogP contribution in [0.4, 0.5) is 4.53 Å². The number of rotatable bonds is 5. The molecule has 0 aromatic heterocycles. The summed E-state index contributed by atoms with van der Waals surface area (Å²) in [5.74, 6) is 0. The van der Waals surface area contributed by atoms with E-state index in [0.29, 0.717) is 5.46 Å². The highest BCUT2D eigenvalue weighted by atomic mass is 19.3. The average Bonchev–Trinajstić information content (AvgIpc) is 2.48. The molecular formula is C15H16BFO2. The first kappa shape index (κ1) is 13.8. The van der Waals surface area contributed by atoms with Crippen molar-refractivity contribution in [3.8, 4) is 11.1 Å². The van der Waals surface area contributed by atoms with Gasteiger partial charge in [0.15, 0.2) is 0 Å². The standard InChI is InChI=1S/C15H16BFO2/c1-2-3-12-4-6-13(7-5-12)14-8-10-15(11-9-14)16(18)19-17/h4-11,18H,2-3H2,1H3. The minimum atomic E-state index is -1.51. The molecule has 0 atom stereocenters. The van der Waals surface area contributed by atoms with Gasteiger partial charge in [0, 0.05) is 0 Å². The molecule has 4 heteroatoms. The number of aryl methyl sites for hydroxylation is 1. The van der Waals surface area contributed by atoms with Crippen LogP contribution < -0.4 is 5.46 Å². The van der Waals surface area contributed by atoms with E-state index in [1.54, 1.807) is 12.1 Å². The molecule has 0 aliphatic rings. The lowest BCUT2D eigenvalue weighted by molar-refractivity contribution is -0.0267. The van der Waals surface area contributed by atoms with Crippen LogP contribution in [0, 0.1) is 0 Å². The molecule has 0 aliphatic carbocycles. The van der Waals surface area contributed by atoms with Gasteiger partial charge in [-0.2, -0.15) is 0 Å². The SMILES string of the molecule is CCCc1ccc(-c2ccc(B(O)OF)cc2)cc1. The first-order chi connectivity index (χ1) is 9.24. The molecule has 0 aliphatic heterocycles. The fourth-order valence-corrected chi connectivity index (χ4v) is 2.04. The van der Waals surface area contributed by atoms with E-state index in [1.165, 1.54) is 5.56 Å². The lowest BCUT2D eigenvalue weighted by Crippen LogP contribution is -2.30. The zero-order chi connectivity index (χ0) is 13.7. The number of hydrogen-bond acceptors (Lipinski definition) is 2. The second-order valence-electron chi connectivity index (χ2n) is 4.51. The third-order valence-electron chi connectivity index (χ3n) is 3.11. The van der Waals surface area contributed by atoms with E-state index >= 15 is 0 Å². The Hall–Kier alpha value is -1.65. The Morgan fingerprint density at radius 1 is 1.00 bits per heavy atom. The van der Waals surface area contributed by atoms with E-state index in [4.69, 9.17) is 0 Å². The summed E-state index contributed by atoms with van der Waals surface area (Å²) in [5.41, 5.74) is 3.85. The summed E-state index contributed by atoms with van der Waals surface area (Å²) in [7, 11) is -1.51. The van der Waals surface area contributed by atoms with Crippen LogP contribution >= 0.6 is 0 Å². The van der Waals surface area contributed by atoms with Crippen molar-refractivity contribution in [3.05, 3.63) is 54.1 Å². The topological polar surface area (TPSA) is 29.5 Å². The van der Waals surface area contributed by atoms with Crippen LogP contribution in [0.25, 0.3) is 11.1 Å². The van der Waals surface area contributed by atoms with E-state index in [1.807, 2.05) is 12.1 Å². The van der Waals surface area contributed by atoms with Gasteiger partial charge >= 0.3 is 7.12 Å². The number of benzene rings is 2. The third-order valence-corrected chi connectivity index (χ3v) is 3.11. The van der Waals surface area contributed by atoms with E-state index in [2.05, 4.69) is 36.0 Å². The Bertz CT molecular complexity index is 511. The molecule has 98 valence electrons. The quantitative estimate of drug-likeness (QED) is 0.835. The van der Waals surface area contributed by atoms with Crippen molar-refractivity contribution < 1.29 is 14.4 Å². The van der Waals surface area contributed by atoms with Crippen LogP contribution in [0.5, 0.6) is 0 Å². The normalized spacial score (nSPS) is 10.5. The highest BCUT2D eigenvalue weighted by Crippen LogP contribution is 2.19. The summed E-state index contributed by atoms with van der Waals surface area (Å²) < 4.78 is 11.9. The molecule has 0 bridgehead atoms. The highest BCUT2D eigenvalue weighted by molar-refractivity contribution is 6.59. The van der Waals surface area contributed by atoms with Crippen molar-refractivity contribution in [2.45, 2.75) is 19.8 Å². The van der Waals surface area contributed by atoms with Gasteiger partial charge in [0.05, 0.1) is 0 Å². The van der Waals surface area contributed by atoms with Gasteiger partial charge in [0.1, 0.15) is 0 Å². The Kier molecular flexibility index (Phi) is 4.71. The fraction of sp³-hybridized carbons (Fsp3) is 0.200. The van der Waals surface area contributed by atoms with Crippen LogP contribution in [-0.4, -0.2) is 12.1 Å². The fourth-order valence-electron chi connectivity index (χ4n) is 2.04. The molecule has 2 aromatic carbocycles. The van der Waals surface area contributed by atoms with E-state index in [9.17, 15) is 9.55 Å². The van der Waals surface area contributed by atoms with Crippen LogP contribution in [0.3, 0.4) is 0 Å². The van der Waals surface area contributed by atoms with E-state index < -0.39 is 7.12 Å². The zero-order valence-corrected chi connectivity index (χ0v) is 10.8. The minimum Gasteiger partial charge on any atom is -0.421 e. The molecule has 19 heavy (non-hydrogen) atoms. The van der Waals surface area contributed by atoms with Gasteiger partial charge in [-0.25, -0.2) is 4.86 Å². The molecule has 1 N–H and O–H groups in total. The molecule has 2 nitrogen and oxygen atoms in total. The maximum Gasteiger partial charge on any atom is 0.529 e. The average molecular weight is 258 g/mol. The second kappa shape index (κ2) is 6.50. The molecule has 2 aromatic rings. The van der Waals surface area contributed by atoms with Gasteiger partial charge in [-0.05, 0) is 28.6 Å². The molecule has 0 amide bonds. The van der Waals surface area contributed by atoms with Gasteiger partial charge in [-0.1, -0.05) is 66.4 Å². The lowest BCUT2D eigenvalue weighted by atomic mass is 9.79. The molecule has 0 saturated carbocycles. The summed E-state index contributed by atoms with van der Waals surface area (Å²) in [4.78, 5) is 3.38. The Labute approximate surface area is 112 Å². The summed E-state index contributed by atoms with van der Waals surface area (Å²) in [6, 6.07) is 15.4. The molecular weight excluding hydrogens is 242 g/mol. The summed E-state index contributed by atoms with van der Waals surface area (Å²) in [5, 5.41) is 9.19. The smallest absolute Gasteiger partial charge is 0.421 e. The van der Waals surface area contributed by atoms with Gasteiger partial charge in [0.25, 0.3) is 0 Å². The second-order valence-corrected chi connectivity index (χ2v) is 4.51. The lowest BCUT2D eigenvalue weighted by Gasteiger charge is -2.06. The molecule has 0 fully saturated rings. The number of halogens is 1. The van der Waals surface area contributed by atoms with Crippen LogP contribution in [0.1, 0.15) is 18.9 Å². The largest absolute Gasteiger partial charge is 0.529 e. The van der Waals surface area contributed by atoms with Crippen molar-refractivity contribution in [1.82, 2.24) is 0 Å². The highest BCUT2D eigenvalue weighted by Gasteiger charge is 2.16. The molecule has 0 saturated heterocycles. The molecule has 0 unspecified atom stereocenters. The first-order valence-electron chi connectivity index (χ1n) is 6.39. The predicted octanol–water partition coefficient (Wildman–Crippen LogP) is 2.89. The monoisotopic (exact) mass is 258 g/mol. The van der Waals surface area contributed by atoms with Crippen LogP contribution in [0.15, 0.2) is 48.5 Å². The first-order valence-corrected chi connectivity index (χ1v) is 6.39. The molecule has 0 spiro atoms. The van der Waals surface area contributed by atoms with Gasteiger partial charge in [0.2, 0.25) is 0 Å². The van der Waals surface area contributed by atoms with Gasteiger partial charge in [-0.3, -0.25) is 0 Å². The summed E-state index contributed by atoms with van der Waals surface area (Å²) in [6.45, 7) is 2.16. The molecule has 2 rings (SSSR count).